The van der Waals surface area contributed by atoms with E-state index in [4.69, 9.17) is 16.3 Å². The second kappa shape index (κ2) is 4.81. The Kier molecular flexibility index (Phi) is 3.22. The first kappa shape index (κ1) is 10.7. The molecule has 0 saturated carbocycles. The molecule has 4 nitrogen and oxygen atoms in total. The Labute approximate surface area is 98.3 Å². The van der Waals surface area contributed by atoms with E-state index in [2.05, 4.69) is 15.3 Å². The van der Waals surface area contributed by atoms with Gasteiger partial charge in [-0.2, -0.15) is 0 Å². The third kappa shape index (κ3) is 2.61. The van der Waals surface area contributed by atoms with Crippen LogP contribution in [0.25, 0.3) is 0 Å². The zero-order valence-electron chi connectivity index (χ0n) is 8.64. The maximum Gasteiger partial charge on any atom is 0.228 e. The summed E-state index contributed by atoms with van der Waals surface area (Å²) in [6.07, 6.45) is 1.60. The van der Waals surface area contributed by atoms with Crippen molar-refractivity contribution in [2.24, 2.45) is 0 Å². The normalized spacial score (nSPS) is 9.88. The minimum absolute atomic E-state index is 0.408. The first-order valence-corrected chi connectivity index (χ1v) is 5.05. The van der Waals surface area contributed by atoms with Crippen molar-refractivity contribution in [3.05, 3.63) is 41.7 Å². The van der Waals surface area contributed by atoms with Crippen molar-refractivity contribution in [3.63, 3.8) is 0 Å². The molecule has 0 unspecified atom stereocenters. The van der Waals surface area contributed by atoms with Crippen LogP contribution in [-0.4, -0.2) is 17.1 Å². The van der Waals surface area contributed by atoms with Crippen molar-refractivity contribution >= 4 is 23.2 Å². The first-order chi connectivity index (χ1) is 7.78. The van der Waals surface area contributed by atoms with Crippen LogP contribution in [-0.2, 0) is 0 Å². The zero-order valence-corrected chi connectivity index (χ0v) is 9.40. The van der Waals surface area contributed by atoms with E-state index in [-0.39, 0.29) is 0 Å². The van der Waals surface area contributed by atoms with E-state index >= 15 is 0 Å². The van der Waals surface area contributed by atoms with Crippen molar-refractivity contribution in [1.29, 1.82) is 0 Å². The van der Waals surface area contributed by atoms with Gasteiger partial charge in [-0.25, -0.2) is 9.97 Å². The lowest BCUT2D eigenvalue weighted by molar-refractivity contribution is 0.415. The molecule has 0 fully saturated rings. The Morgan fingerprint density at radius 1 is 1.19 bits per heavy atom. The maximum atomic E-state index is 5.75. The summed E-state index contributed by atoms with van der Waals surface area (Å²) in [5.41, 5.74) is 0.878. The molecule has 1 N–H and O–H groups in total. The molecular weight excluding hydrogens is 226 g/mol. The molecule has 2 rings (SSSR count). The molecule has 0 amide bonds. The standard InChI is InChI=1S/C11H10ClN3O/c1-16-9-4-2-8(3-5-9)14-11-13-7-6-10(12)15-11/h2-7H,1H3,(H,13,14,15). The molecule has 0 spiro atoms. The van der Waals surface area contributed by atoms with Gasteiger partial charge in [0, 0.05) is 11.9 Å². The van der Waals surface area contributed by atoms with Crippen LogP contribution in [0.1, 0.15) is 0 Å². The Hall–Kier alpha value is -1.81. The molecule has 2 aromatic rings. The molecule has 0 atom stereocenters. The minimum Gasteiger partial charge on any atom is -0.497 e. The average molecular weight is 236 g/mol. The van der Waals surface area contributed by atoms with Crippen molar-refractivity contribution in [2.75, 3.05) is 12.4 Å². The average Bonchev–Trinajstić information content (AvgIpc) is 2.30. The van der Waals surface area contributed by atoms with E-state index in [1.165, 1.54) is 0 Å². The fourth-order valence-electron chi connectivity index (χ4n) is 1.20. The fraction of sp³-hybridized carbons (Fsp3) is 0.0909. The molecule has 16 heavy (non-hydrogen) atoms. The molecule has 0 bridgehead atoms. The Morgan fingerprint density at radius 2 is 1.94 bits per heavy atom. The molecule has 0 radical (unpaired) electrons. The lowest BCUT2D eigenvalue weighted by atomic mass is 10.3. The van der Waals surface area contributed by atoms with Gasteiger partial charge in [-0.05, 0) is 30.3 Å². The van der Waals surface area contributed by atoms with Crippen LogP contribution in [0.15, 0.2) is 36.5 Å². The SMILES string of the molecule is COc1ccc(Nc2nccc(Cl)n2)cc1. The summed E-state index contributed by atoms with van der Waals surface area (Å²) in [6, 6.07) is 9.09. The number of methoxy groups -OCH3 is 1. The van der Waals surface area contributed by atoms with Gasteiger partial charge in [-0.1, -0.05) is 11.6 Å². The molecule has 1 heterocycles. The van der Waals surface area contributed by atoms with Crippen LogP contribution in [0.2, 0.25) is 5.15 Å². The number of rotatable bonds is 3. The van der Waals surface area contributed by atoms with E-state index in [1.54, 1.807) is 19.4 Å². The Morgan fingerprint density at radius 3 is 2.56 bits per heavy atom. The van der Waals surface area contributed by atoms with Gasteiger partial charge in [0.05, 0.1) is 7.11 Å². The summed E-state index contributed by atoms with van der Waals surface area (Å²) < 4.78 is 5.06. The van der Waals surface area contributed by atoms with Gasteiger partial charge in [0.1, 0.15) is 10.9 Å². The summed E-state index contributed by atoms with van der Waals surface area (Å²) in [6.45, 7) is 0. The van der Waals surface area contributed by atoms with Gasteiger partial charge in [0.25, 0.3) is 0 Å². The number of anilines is 2. The Bertz CT molecular complexity index is 473. The predicted octanol–water partition coefficient (Wildman–Crippen LogP) is 2.88. The lowest BCUT2D eigenvalue weighted by Gasteiger charge is -2.05. The second-order valence-electron chi connectivity index (χ2n) is 3.06. The highest BCUT2D eigenvalue weighted by Gasteiger charge is 1.98. The molecule has 1 aromatic heterocycles. The van der Waals surface area contributed by atoms with E-state index < -0.39 is 0 Å². The van der Waals surface area contributed by atoms with Gasteiger partial charge < -0.3 is 10.1 Å². The number of nitrogens with zero attached hydrogens (tertiary/aromatic N) is 2. The van der Waals surface area contributed by atoms with Gasteiger partial charge in [-0.3, -0.25) is 0 Å². The molecule has 5 heteroatoms. The van der Waals surface area contributed by atoms with Gasteiger partial charge >= 0.3 is 0 Å². The van der Waals surface area contributed by atoms with Crippen molar-refractivity contribution in [1.82, 2.24) is 9.97 Å². The molecule has 0 aliphatic heterocycles. The number of hydrogen-bond donors (Lipinski definition) is 1. The highest BCUT2D eigenvalue weighted by molar-refractivity contribution is 6.29. The molecule has 82 valence electrons. The van der Waals surface area contributed by atoms with Crippen LogP contribution >= 0.6 is 11.6 Å². The van der Waals surface area contributed by atoms with Crippen LogP contribution in [0, 0.1) is 0 Å². The number of ether oxygens (including phenoxy) is 1. The number of hydrogen-bond acceptors (Lipinski definition) is 4. The van der Waals surface area contributed by atoms with E-state index in [1.807, 2.05) is 24.3 Å². The summed E-state index contributed by atoms with van der Waals surface area (Å²) in [4.78, 5) is 8.06. The summed E-state index contributed by atoms with van der Waals surface area (Å²) in [5.74, 6) is 1.27. The monoisotopic (exact) mass is 235 g/mol. The summed E-state index contributed by atoms with van der Waals surface area (Å²) >= 11 is 5.75. The fourth-order valence-corrected chi connectivity index (χ4v) is 1.34. The molecule has 1 aromatic carbocycles. The number of aromatic nitrogens is 2. The topological polar surface area (TPSA) is 47.0 Å². The Balaban J connectivity index is 2.14. The van der Waals surface area contributed by atoms with Crippen LogP contribution in [0.4, 0.5) is 11.6 Å². The number of halogens is 1. The maximum absolute atomic E-state index is 5.75. The smallest absolute Gasteiger partial charge is 0.228 e. The van der Waals surface area contributed by atoms with Crippen LogP contribution < -0.4 is 10.1 Å². The van der Waals surface area contributed by atoms with Gasteiger partial charge in [-0.15, -0.1) is 0 Å². The number of nitrogens with one attached hydrogen (secondary N) is 1. The minimum atomic E-state index is 0.408. The molecule has 0 aliphatic carbocycles. The lowest BCUT2D eigenvalue weighted by Crippen LogP contribution is -1.96. The van der Waals surface area contributed by atoms with Crippen molar-refractivity contribution in [2.45, 2.75) is 0 Å². The first-order valence-electron chi connectivity index (χ1n) is 4.67. The van der Waals surface area contributed by atoms with Crippen molar-refractivity contribution < 1.29 is 4.74 Å². The third-order valence-electron chi connectivity index (χ3n) is 1.97. The number of benzene rings is 1. The highest BCUT2D eigenvalue weighted by Crippen LogP contribution is 2.18. The molecule has 0 saturated heterocycles. The van der Waals surface area contributed by atoms with Crippen molar-refractivity contribution in [3.8, 4) is 5.75 Å². The van der Waals surface area contributed by atoms with E-state index in [0.717, 1.165) is 11.4 Å². The third-order valence-corrected chi connectivity index (χ3v) is 2.18. The highest BCUT2D eigenvalue weighted by atomic mass is 35.5. The van der Waals surface area contributed by atoms with Crippen LogP contribution in [0.5, 0.6) is 5.75 Å². The van der Waals surface area contributed by atoms with Gasteiger partial charge in [0.2, 0.25) is 5.95 Å². The zero-order chi connectivity index (χ0) is 11.4. The quantitative estimate of drug-likeness (QED) is 0.831. The predicted molar refractivity (Wildman–Crippen MR) is 63.3 cm³/mol. The van der Waals surface area contributed by atoms with E-state index in [0.29, 0.717) is 11.1 Å². The van der Waals surface area contributed by atoms with E-state index in [9.17, 15) is 0 Å². The summed E-state index contributed by atoms with van der Waals surface area (Å²) in [5, 5.41) is 3.44. The molecule has 0 aliphatic rings. The second-order valence-corrected chi connectivity index (χ2v) is 3.44. The summed E-state index contributed by atoms with van der Waals surface area (Å²) in [7, 11) is 1.63. The molecular formula is C11H10ClN3O. The largest absolute Gasteiger partial charge is 0.497 e. The van der Waals surface area contributed by atoms with Crippen LogP contribution in [0.3, 0.4) is 0 Å². The van der Waals surface area contributed by atoms with Gasteiger partial charge in [0.15, 0.2) is 0 Å².